The van der Waals surface area contributed by atoms with Gasteiger partial charge in [0.2, 0.25) is 0 Å². The van der Waals surface area contributed by atoms with Crippen molar-refractivity contribution in [1.29, 1.82) is 0 Å². The van der Waals surface area contributed by atoms with Crippen molar-refractivity contribution in [3.8, 4) is 0 Å². The Balaban J connectivity index is 2.99. The van der Waals surface area contributed by atoms with Gasteiger partial charge in [0.1, 0.15) is 6.29 Å². The van der Waals surface area contributed by atoms with Crippen LogP contribution in [0.1, 0.15) is 142 Å². The Morgan fingerprint density at radius 3 is 1.08 bits per heavy atom. The molecule has 0 spiro atoms. The Labute approximate surface area is 159 Å². The number of carbonyl (C=O) groups excluding carboxylic acids is 1. The molecular weight excluding hydrogens is 304 g/mol. The van der Waals surface area contributed by atoms with Crippen LogP contribution in [0.15, 0.2) is 0 Å². The molecule has 0 aromatic heterocycles. The van der Waals surface area contributed by atoms with E-state index in [2.05, 4.69) is 6.92 Å². The molecule has 0 aliphatic rings. The van der Waals surface area contributed by atoms with Crippen molar-refractivity contribution in [1.82, 2.24) is 0 Å². The Hall–Kier alpha value is -0.330. The topological polar surface area (TPSA) is 17.1 Å². The molecule has 0 saturated heterocycles. The summed E-state index contributed by atoms with van der Waals surface area (Å²) in [6.45, 7) is 4.32. The minimum Gasteiger partial charge on any atom is -0.303 e. The van der Waals surface area contributed by atoms with Crippen LogP contribution >= 0.6 is 0 Å². The molecule has 0 rings (SSSR count). The maximum absolute atomic E-state index is 10.5. The van der Waals surface area contributed by atoms with E-state index in [1.54, 1.807) is 0 Å². The lowest BCUT2D eigenvalue weighted by Crippen LogP contribution is -1.94. The average molecular weight is 353 g/mol. The van der Waals surface area contributed by atoms with Crippen LogP contribution < -0.4 is 0 Å². The van der Waals surface area contributed by atoms with Crippen molar-refractivity contribution in [3.63, 3.8) is 0 Å². The lowest BCUT2D eigenvalue weighted by atomic mass is 10.0. The zero-order valence-corrected chi connectivity index (χ0v) is 17.7. The lowest BCUT2D eigenvalue weighted by Gasteiger charge is -2.04. The SMILES string of the molecule is CCCCCCCCCCCCCCCCCCCCCC(C)C=O. The highest BCUT2D eigenvalue weighted by molar-refractivity contribution is 5.52. The van der Waals surface area contributed by atoms with E-state index in [9.17, 15) is 4.79 Å². The zero-order chi connectivity index (χ0) is 18.4. The molecule has 0 N–H and O–H groups in total. The molecule has 0 heterocycles. The molecule has 0 bridgehead atoms. The third-order valence-electron chi connectivity index (χ3n) is 5.50. The molecule has 1 unspecified atom stereocenters. The average Bonchev–Trinajstić information content (AvgIpc) is 2.63. The van der Waals surface area contributed by atoms with Gasteiger partial charge < -0.3 is 4.79 Å². The monoisotopic (exact) mass is 352 g/mol. The van der Waals surface area contributed by atoms with Gasteiger partial charge in [-0.25, -0.2) is 0 Å². The van der Waals surface area contributed by atoms with Gasteiger partial charge in [0.05, 0.1) is 0 Å². The number of carbonyl (C=O) groups is 1. The van der Waals surface area contributed by atoms with Gasteiger partial charge in [-0.3, -0.25) is 0 Å². The molecule has 150 valence electrons. The predicted molar refractivity (Wildman–Crippen MR) is 113 cm³/mol. The van der Waals surface area contributed by atoms with Crippen LogP contribution in [0.25, 0.3) is 0 Å². The van der Waals surface area contributed by atoms with Crippen molar-refractivity contribution < 1.29 is 4.79 Å². The van der Waals surface area contributed by atoms with E-state index in [0.29, 0.717) is 0 Å². The first-order chi connectivity index (χ1) is 12.3. The summed E-state index contributed by atoms with van der Waals surface area (Å²) in [4.78, 5) is 10.5. The van der Waals surface area contributed by atoms with Gasteiger partial charge in [0, 0.05) is 5.92 Å². The number of hydrogen-bond donors (Lipinski definition) is 0. The summed E-state index contributed by atoms with van der Waals surface area (Å²) >= 11 is 0. The maximum atomic E-state index is 10.5. The van der Waals surface area contributed by atoms with E-state index in [-0.39, 0.29) is 5.92 Å². The molecular formula is C24H48O. The van der Waals surface area contributed by atoms with Crippen molar-refractivity contribution in [2.45, 2.75) is 142 Å². The molecule has 0 aromatic carbocycles. The fraction of sp³-hybridized carbons (Fsp3) is 0.958. The lowest BCUT2D eigenvalue weighted by molar-refractivity contribution is -0.110. The van der Waals surface area contributed by atoms with Crippen LogP contribution in [0.2, 0.25) is 0 Å². The molecule has 0 saturated carbocycles. The summed E-state index contributed by atoms with van der Waals surface area (Å²) in [5, 5.41) is 0. The summed E-state index contributed by atoms with van der Waals surface area (Å²) in [6.07, 6.45) is 29.2. The van der Waals surface area contributed by atoms with Crippen LogP contribution in [0, 0.1) is 5.92 Å². The Kier molecular flexibility index (Phi) is 21.4. The summed E-state index contributed by atoms with van der Waals surface area (Å²) < 4.78 is 0. The number of aldehydes is 1. The standard InChI is InChI=1S/C24H48O/c1-3-4-5-6-7-8-9-10-11-12-13-14-15-16-17-18-19-20-21-22-24(2)23-25/h23-24H,3-22H2,1-2H3. The van der Waals surface area contributed by atoms with Gasteiger partial charge in [-0.05, 0) is 6.42 Å². The third-order valence-corrected chi connectivity index (χ3v) is 5.50. The second-order valence-corrected chi connectivity index (χ2v) is 8.27. The van der Waals surface area contributed by atoms with Crippen LogP contribution in [-0.2, 0) is 4.79 Å². The van der Waals surface area contributed by atoms with Crippen LogP contribution in [0.5, 0.6) is 0 Å². The first-order valence-electron chi connectivity index (χ1n) is 11.8. The maximum Gasteiger partial charge on any atom is 0.122 e. The van der Waals surface area contributed by atoms with E-state index >= 15 is 0 Å². The van der Waals surface area contributed by atoms with Crippen molar-refractivity contribution in [2.24, 2.45) is 5.92 Å². The molecule has 1 heteroatoms. The van der Waals surface area contributed by atoms with Gasteiger partial charge in [-0.1, -0.05) is 136 Å². The first-order valence-corrected chi connectivity index (χ1v) is 11.8. The number of hydrogen-bond acceptors (Lipinski definition) is 1. The Morgan fingerprint density at radius 1 is 0.520 bits per heavy atom. The Morgan fingerprint density at radius 2 is 0.800 bits per heavy atom. The van der Waals surface area contributed by atoms with Gasteiger partial charge in [-0.15, -0.1) is 0 Å². The van der Waals surface area contributed by atoms with Crippen LogP contribution in [-0.4, -0.2) is 6.29 Å². The smallest absolute Gasteiger partial charge is 0.122 e. The minimum atomic E-state index is 0.269. The molecule has 1 atom stereocenters. The molecule has 25 heavy (non-hydrogen) atoms. The fourth-order valence-corrected chi connectivity index (χ4v) is 3.61. The first kappa shape index (κ1) is 24.7. The third kappa shape index (κ3) is 21.6. The van der Waals surface area contributed by atoms with E-state index in [1.165, 1.54) is 122 Å². The highest BCUT2D eigenvalue weighted by atomic mass is 16.1. The predicted octanol–water partition coefficient (Wildman–Crippen LogP) is 8.64. The van der Waals surface area contributed by atoms with Crippen molar-refractivity contribution in [2.75, 3.05) is 0 Å². The van der Waals surface area contributed by atoms with E-state index < -0.39 is 0 Å². The minimum absolute atomic E-state index is 0.269. The van der Waals surface area contributed by atoms with Crippen molar-refractivity contribution >= 4 is 6.29 Å². The van der Waals surface area contributed by atoms with E-state index in [1.807, 2.05) is 6.92 Å². The molecule has 0 fully saturated rings. The molecule has 0 aliphatic carbocycles. The van der Waals surface area contributed by atoms with Gasteiger partial charge in [-0.2, -0.15) is 0 Å². The fourth-order valence-electron chi connectivity index (χ4n) is 3.61. The largest absolute Gasteiger partial charge is 0.303 e. The number of rotatable bonds is 21. The quantitative estimate of drug-likeness (QED) is 0.149. The van der Waals surface area contributed by atoms with E-state index in [4.69, 9.17) is 0 Å². The van der Waals surface area contributed by atoms with Gasteiger partial charge >= 0.3 is 0 Å². The molecule has 0 amide bonds. The van der Waals surface area contributed by atoms with Crippen molar-refractivity contribution in [3.05, 3.63) is 0 Å². The summed E-state index contributed by atoms with van der Waals surface area (Å²) in [5.74, 6) is 0.269. The van der Waals surface area contributed by atoms with Gasteiger partial charge in [0.15, 0.2) is 0 Å². The molecule has 0 radical (unpaired) electrons. The van der Waals surface area contributed by atoms with E-state index in [0.717, 1.165) is 12.7 Å². The molecule has 0 aliphatic heterocycles. The second-order valence-electron chi connectivity index (χ2n) is 8.27. The summed E-state index contributed by atoms with van der Waals surface area (Å²) in [7, 11) is 0. The molecule has 1 nitrogen and oxygen atoms in total. The summed E-state index contributed by atoms with van der Waals surface area (Å²) in [6, 6.07) is 0. The Bertz CT molecular complexity index is 248. The normalized spacial score (nSPS) is 12.4. The van der Waals surface area contributed by atoms with Gasteiger partial charge in [0.25, 0.3) is 0 Å². The summed E-state index contributed by atoms with van der Waals surface area (Å²) in [5.41, 5.74) is 0. The number of unbranched alkanes of at least 4 members (excludes halogenated alkanes) is 18. The second kappa shape index (κ2) is 21.7. The molecule has 0 aromatic rings. The highest BCUT2D eigenvalue weighted by Gasteiger charge is 1.99. The highest BCUT2D eigenvalue weighted by Crippen LogP contribution is 2.15. The van der Waals surface area contributed by atoms with Crippen LogP contribution in [0.3, 0.4) is 0 Å². The van der Waals surface area contributed by atoms with Crippen LogP contribution in [0.4, 0.5) is 0 Å². The zero-order valence-electron chi connectivity index (χ0n) is 17.7.